The van der Waals surface area contributed by atoms with Gasteiger partial charge in [-0.2, -0.15) is 0 Å². The number of anilines is 2. The number of fused-ring (bicyclic) bond motifs is 1. The first-order valence-electron chi connectivity index (χ1n) is 6.38. The van der Waals surface area contributed by atoms with Crippen molar-refractivity contribution < 1.29 is 4.42 Å². The molecule has 1 aliphatic carbocycles. The van der Waals surface area contributed by atoms with E-state index in [4.69, 9.17) is 10.2 Å². The zero-order valence-electron chi connectivity index (χ0n) is 10.6. The van der Waals surface area contributed by atoms with Crippen molar-refractivity contribution in [3.8, 4) is 0 Å². The molecule has 1 aliphatic rings. The Morgan fingerprint density at radius 2 is 2.17 bits per heavy atom. The van der Waals surface area contributed by atoms with Crippen molar-refractivity contribution in [3.63, 3.8) is 0 Å². The van der Waals surface area contributed by atoms with Gasteiger partial charge in [0.05, 0.1) is 6.26 Å². The van der Waals surface area contributed by atoms with Crippen LogP contribution < -0.4 is 10.6 Å². The van der Waals surface area contributed by atoms with Crippen LogP contribution in [0.4, 0.5) is 11.6 Å². The molecule has 1 heterocycles. The van der Waals surface area contributed by atoms with Crippen LogP contribution in [0.15, 0.2) is 41.0 Å². The first-order valence-corrected chi connectivity index (χ1v) is 6.38. The highest BCUT2D eigenvalue weighted by molar-refractivity contribution is 5.53. The van der Waals surface area contributed by atoms with Crippen LogP contribution in [-0.4, -0.2) is 13.1 Å². The van der Waals surface area contributed by atoms with Crippen LogP contribution in [0, 0.1) is 0 Å². The molecule has 0 amide bonds. The maximum atomic E-state index is 6.03. The molecule has 0 aliphatic heterocycles. The lowest BCUT2D eigenvalue weighted by molar-refractivity contribution is 0.488. The van der Waals surface area contributed by atoms with Crippen LogP contribution in [0.1, 0.15) is 17.5 Å². The second-order valence-corrected chi connectivity index (χ2v) is 4.94. The average Bonchev–Trinajstić information content (AvgIpc) is 2.91. The highest BCUT2D eigenvalue weighted by Crippen LogP contribution is 2.30. The van der Waals surface area contributed by atoms with Crippen molar-refractivity contribution in [3.05, 3.63) is 47.7 Å². The molecule has 18 heavy (non-hydrogen) atoms. The number of nitrogens with zero attached hydrogens (tertiary/aromatic N) is 1. The van der Waals surface area contributed by atoms with Gasteiger partial charge in [0.1, 0.15) is 0 Å². The molecule has 1 unspecified atom stereocenters. The predicted octanol–water partition coefficient (Wildman–Crippen LogP) is 2.86. The van der Waals surface area contributed by atoms with Crippen LogP contribution in [0.25, 0.3) is 0 Å². The fourth-order valence-corrected chi connectivity index (χ4v) is 2.80. The minimum atomic E-state index is 0.491. The third kappa shape index (κ3) is 1.86. The summed E-state index contributed by atoms with van der Waals surface area (Å²) in [5.74, 6) is 0.937. The fourth-order valence-electron chi connectivity index (χ4n) is 2.80. The number of hydrogen-bond donors (Lipinski definition) is 1. The van der Waals surface area contributed by atoms with E-state index in [2.05, 4.69) is 18.0 Å². The fraction of sp³-hybridized carbons (Fsp3) is 0.333. The topological polar surface area (TPSA) is 42.4 Å². The molecule has 0 radical (unpaired) electrons. The van der Waals surface area contributed by atoms with Crippen molar-refractivity contribution in [2.24, 2.45) is 0 Å². The molecule has 1 aromatic carbocycles. The van der Waals surface area contributed by atoms with E-state index in [1.165, 1.54) is 11.1 Å². The number of rotatable bonds is 2. The molecule has 94 valence electrons. The van der Waals surface area contributed by atoms with Gasteiger partial charge in [0, 0.05) is 24.8 Å². The molecule has 3 nitrogen and oxygen atoms in total. The van der Waals surface area contributed by atoms with Crippen molar-refractivity contribution in [1.29, 1.82) is 0 Å². The maximum absolute atomic E-state index is 6.03. The summed E-state index contributed by atoms with van der Waals surface area (Å²) in [5, 5.41) is 0. The number of hydrogen-bond acceptors (Lipinski definition) is 3. The Morgan fingerprint density at radius 1 is 1.28 bits per heavy atom. The number of furan rings is 1. The summed E-state index contributed by atoms with van der Waals surface area (Å²) in [6, 6.07) is 10.7. The predicted molar refractivity (Wildman–Crippen MR) is 73.8 cm³/mol. The standard InChI is InChI=1S/C15H18N2O/c1-17(15-6-3-9-18-15)12-7-8-13-11(10-12)4-2-5-14(13)16/h2-6,9,12H,7-8,10,16H2,1H3. The third-order valence-corrected chi connectivity index (χ3v) is 3.89. The summed E-state index contributed by atoms with van der Waals surface area (Å²) in [6.07, 6.45) is 4.94. The van der Waals surface area contributed by atoms with Crippen molar-refractivity contribution in [1.82, 2.24) is 0 Å². The average molecular weight is 242 g/mol. The zero-order chi connectivity index (χ0) is 12.5. The minimum absolute atomic E-state index is 0.491. The van der Waals surface area contributed by atoms with Gasteiger partial charge in [-0.3, -0.25) is 0 Å². The smallest absolute Gasteiger partial charge is 0.195 e. The van der Waals surface area contributed by atoms with Gasteiger partial charge in [-0.05, 0) is 42.5 Å². The molecule has 2 N–H and O–H groups in total. The lowest BCUT2D eigenvalue weighted by Crippen LogP contribution is -2.36. The van der Waals surface area contributed by atoms with Gasteiger partial charge in [0.2, 0.25) is 0 Å². The summed E-state index contributed by atoms with van der Waals surface area (Å²) < 4.78 is 5.46. The molecule has 1 atom stereocenters. The van der Waals surface area contributed by atoms with Crippen molar-refractivity contribution in [2.45, 2.75) is 25.3 Å². The zero-order valence-corrected chi connectivity index (χ0v) is 10.6. The Labute approximate surface area is 107 Å². The normalized spacial score (nSPS) is 18.4. The van der Waals surface area contributed by atoms with E-state index in [-0.39, 0.29) is 0 Å². The van der Waals surface area contributed by atoms with Gasteiger partial charge < -0.3 is 15.1 Å². The Hall–Kier alpha value is -1.90. The van der Waals surface area contributed by atoms with Gasteiger partial charge in [-0.25, -0.2) is 0 Å². The Morgan fingerprint density at radius 3 is 2.94 bits per heavy atom. The Bertz CT molecular complexity index is 533. The van der Waals surface area contributed by atoms with E-state index < -0.39 is 0 Å². The summed E-state index contributed by atoms with van der Waals surface area (Å²) >= 11 is 0. The van der Waals surface area contributed by atoms with E-state index in [1.807, 2.05) is 24.3 Å². The molecule has 2 aromatic rings. The molecular weight excluding hydrogens is 224 g/mol. The third-order valence-electron chi connectivity index (χ3n) is 3.89. The number of nitrogen functional groups attached to an aromatic ring is 1. The van der Waals surface area contributed by atoms with Crippen LogP contribution in [0.5, 0.6) is 0 Å². The molecule has 3 heteroatoms. The van der Waals surface area contributed by atoms with Crippen LogP contribution >= 0.6 is 0 Å². The highest BCUT2D eigenvalue weighted by Gasteiger charge is 2.24. The number of likely N-dealkylation sites (N-methyl/N-ethyl adjacent to an activating group) is 1. The highest BCUT2D eigenvalue weighted by atomic mass is 16.3. The molecule has 1 aromatic heterocycles. The van der Waals surface area contributed by atoms with Crippen molar-refractivity contribution in [2.75, 3.05) is 17.7 Å². The van der Waals surface area contributed by atoms with E-state index >= 15 is 0 Å². The van der Waals surface area contributed by atoms with E-state index in [0.29, 0.717) is 6.04 Å². The molecule has 0 saturated heterocycles. The number of nitrogens with two attached hydrogens (primary N) is 1. The molecule has 3 rings (SSSR count). The Kier molecular flexibility index (Phi) is 2.74. The molecule has 0 saturated carbocycles. The van der Waals surface area contributed by atoms with Crippen LogP contribution in [0.2, 0.25) is 0 Å². The quantitative estimate of drug-likeness (QED) is 0.823. The molecule has 0 spiro atoms. The van der Waals surface area contributed by atoms with E-state index in [9.17, 15) is 0 Å². The summed E-state index contributed by atoms with van der Waals surface area (Å²) in [5.41, 5.74) is 9.68. The Balaban J connectivity index is 1.83. The molecular formula is C15H18N2O. The van der Waals surface area contributed by atoms with Crippen LogP contribution in [-0.2, 0) is 12.8 Å². The minimum Gasteiger partial charge on any atom is -0.449 e. The first-order chi connectivity index (χ1) is 8.75. The van der Waals surface area contributed by atoms with Crippen molar-refractivity contribution >= 4 is 11.6 Å². The summed E-state index contributed by atoms with van der Waals surface area (Å²) in [4.78, 5) is 2.23. The second kappa shape index (κ2) is 4.41. The molecule has 0 fully saturated rings. The lowest BCUT2D eigenvalue weighted by atomic mass is 9.86. The van der Waals surface area contributed by atoms with Gasteiger partial charge in [-0.1, -0.05) is 12.1 Å². The van der Waals surface area contributed by atoms with Gasteiger partial charge in [-0.15, -0.1) is 0 Å². The van der Waals surface area contributed by atoms with Crippen LogP contribution in [0.3, 0.4) is 0 Å². The largest absolute Gasteiger partial charge is 0.449 e. The summed E-state index contributed by atoms with van der Waals surface area (Å²) in [7, 11) is 2.10. The summed E-state index contributed by atoms with van der Waals surface area (Å²) in [6.45, 7) is 0. The second-order valence-electron chi connectivity index (χ2n) is 4.94. The van der Waals surface area contributed by atoms with E-state index in [1.54, 1.807) is 6.26 Å². The first kappa shape index (κ1) is 11.2. The van der Waals surface area contributed by atoms with E-state index in [0.717, 1.165) is 30.8 Å². The van der Waals surface area contributed by atoms with Gasteiger partial charge in [0.25, 0.3) is 0 Å². The monoisotopic (exact) mass is 242 g/mol. The van der Waals surface area contributed by atoms with Gasteiger partial charge >= 0.3 is 0 Å². The molecule has 0 bridgehead atoms. The maximum Gasteiger partial charge on any atom is 0.195 e. The SMILES string of the molecule is CN(c1ccco1)C1CCc2c(N)cccc2C1. The number of benzene rings is 1. The van der Waals surface area contributed by atoms with Gasteiger partial charge in [0.15, 0.2) is 5.88 Å². The lowest BCUT2D eigenvalue weighted by Gasteiger charge is -2.32.